The van der Waals surface area contributed by atoms with E-state index in [1.165, 1.54) is 18.6 Å². The summed E-state index contributed by atoms with van der Waals surface area (Å²) in [4.78, 5) is 33.5. The minimum atomic E-state index is -0.215. The number of likely N-dealkylation sites (tertiary alicyclic amines) is 1. The predicted octanol–water partition coefficient (Wildman–Crippen LogP) is 0.789. The fraction of sp³-hybridized carbons (Fsp3) is 0.571. The van der Waals surface area contributed by atoms with Crippen molar-refractivity contribution in [1.82, 2.24) is 25.5 Å². The number of amides is 3. The molecule has 0 spiro atoms. The molecular weight excluding hydrogens is 270 g/mol. The zero-order valence-corrected chi connectivity index (χ0v) is 12.4. The molecule has 114 valence electrons. The Hall–Kier alpha value is -2.18. The van der Waals surface area contributed by atoms with E-state index in [-0.39, 0.29) is 24.0 Å². The first kappa shape index (κ1) is 15.2. The van der Waals surface area contributed by atoms with Crippen molar-refractivity contribution in [3.63, 3.8) is 0 Å². The number of hydrogen-bond acceptors (Lipinski definition) is 4. The molecule has 1 aromatic heterocycles. The van der Waals surface area contributed by atoms with E-state index >= 15 is 0 Å². The van der Waals surface area contributed by atoms with Crippen molar-refractivity contribution in [2.45, 2.75) is 38.8 Å². The van der Waals surface area contributed by atoms with Gasteiger partial charge in [-0.15, -0.1) is 0 Å². The Labute approximate surface area is 124 Å². The molecule has 1 saturated heterocycles. The van der Waals surface area contributed by atoms with E-state index in [1.54, 1.807) is 4.90 Å². The summed E-state index contributed by atoms with van der Waals surface area (Å²) in [6.07, 6.45) is 5.96. The number of carbonyl (C=O) groups is 2. The van der Waals surface area contributed by atoms with Gasteiger partial charge < -0.3 is 15.5 Å². The maximum absolute atomic E-state index is 12.0. The van der Waals surface area contributed by atoms with Crippen LogP contribution < -0.4 is 10.6 Å². The Morgan fingerprint density at radius 2 is 2.00 bits per heavy atom. The number of rotatable bonds is 3. The molecule has 1 aliphatic heterocycles. The molecule has 0 unspecified atom stereocenters. The molecule has 0 aliphatic carbocycles. The van der Waals surface area contributed by atoms with Crippen molar-refractivity contribution >= 4 is 11.9 Å². The Kier molecular flexibility index (Phi) is 5.08. The molecule has 21 heavy (non-hydrogen) atoms. The number of piperidine rings is 1. The number of nitrogens with zero attached hydrogens (tertiary/aromatic N) is 3. The van der Waals surface area contributed by atoms with Crippen LogP contribution in [0.3, 0.4) is 0 Å². The van der Waals surface area contributed by atoms with Gasteiger partial charge in [-0.1, -0.05) is 0 Å². The molecule has 0 aromatic carbocycles. The highest BCUT2D eigenvalue weighted by Gasteiger charge is 2.24. The summed E-state index contributed by atoms with van der Waals surface area (Å²) in [5.41, 5.74) is 0.317. The van der Waals surface area contributed by atoms with Gasteiger partial charge in [0.15, 0.2) is 0 Å². The van der Waals surface area contributed by atoms with E-state index < -0.39 is 0 Å². The van der Waals surface area contributed by atoms with Crippen molar-refractivity contribution < 1.29 is 9.59 Å². The fourth-order valence-electron chi connectivity index (χ4n) is 2.24. The third-order valence-electron chi connectivity index (χ3n) is 3.33. The van der Waals surface area contributed by atoms with Gasteiger partial charge in [0.2, 0.25) is 0 Å². The molecule has 0 bridgehead atoms. The standard InChI is InChI=1S/C14H21N5O2/c1-10(2)17-14(21)19-7-3-11(4-8-19)18-13(20)12-9-15-5-6-16-12/h5-6,9-11H,3-4,7-8H2,1-2H3,(H,17,21)(H,18,20). The van der Waals surface area contributed by atoms with E-state index in [0.29, 0.717) is 18.8 Å². The Balaban J connectivity index is 1.79. The van der Waals surface area contributed by atoms with Crippen LogP contribution >= 0.6 is 0 Å². The van der Waals surface area contributed by atoms with Crippen LogP contribution in [0, 0.1) is 0 Å². The van der Waals surface area contributed by atoms with Crippen LogP contribution in [0.2, 0.25) is 0 Å². The minimum Gasteiger partial charge on any atom is -0.348 e. The molecular formula is C14H21N5O2. The number of hydrogen-bond donors (Lipinski definition) is 2. The number of nitrogens with one attached hydrogen (secondary N) is 2. The maximum atomic E-state index is 12.0. The van der Waals surface area contributed by atoms with Crippen LogP contribution in [0.5, 0.6) is 0 Å². The lowest BCUT2D eigenvalue weighted by atomic mass is 10.1. The zero-order valence-electron chi connectivity index (χ0n) is 12.4. The lowest BCUT2D eigenvalue weighted by Gasteiger charge is -2.32. The van der Waals surface area contributed by atoms with Gasteiger partial charge in [-0.2, -0.15) is 0 Å². The topological polar surface area (TPSA) is 87.2 Å². The first-order valence-corrected chi connectivity index (χ1v) is 7.18. The van der Waals surface area contributed by atoms with Crippen molar-refractivity contribution in [3.8, 4) is 0 Å². The van der Waals surface area contributed by atoms with Crippen LogP contribution in [0.15, 0.2) is 18.6 Å². The van der Waals surface area contributed by atoms with Gasteiger partial charge in [-0.3, -0.25) is 9.78 Å². The van der Waals surface area contributed by atoms with Crippen LogP contribution in [-0.2, 0) is 0 Å². The van der Waals surface area contributed by atoms with E-state index in [4.69, 9.17) is 0 Å². The van der Waals surface area contributed by atoms with Crippen molar-refractivity contribution in [3.05, 3.63) is 24.3 Å². The van der Waals surface area contributed by atoms with Gasteiger partial charge in [-0.25, -0.2) is 9.78 Å². The second kappa shape index (κ2) is 7.01. The van der Waals surface area contributed by atoms with Crippen LogP contribution in [0.1, 0.15) is 37.2 Å². The second-order valence-corrected chi connectivity index (χ2v) is 5.43. The molecule has 1 fully saturated rings. The van der Waals surface area contributed by atoms with E-state index in [2.05, 4.69) is 20.6 Å². The molecule has 0 saturated carbocycles. The zero-order chi connectivity index (χ0) is 15.2. The molecule has 0 atom stereocenters. The van der Waals surface area contributed by atoms with Gasteiger partial charge >= 0.3 is 6.03 Å². The summed E-state index contributed by atoms with van der Waals surface area (Å²) in [5, 5.41) is 5.81. The molecule has 1 aromatic rings. The Morgan fingerprint density at radius 1 is 1.29 bits per heavy atom. The average Bonchev–Trinajstić information content (AvgIpc) is 2.48. The number of carbonyl (C=O) groups excluding carboxylic acids is 2. The Morgan fingerprint density at radius 3 is 2.57 bits per heavy atom. The van der Waals surface area contributed by atoms with Gasteiger partial charge in [-0.05, 0) is 26.7 Å². The van der Waals surface area contributed by atoms with Gasteiger partial charge in [0.05, 0.1) is 6.20 Å². The van der Waals surface area contributed by atoms with Gasteiger partial charge in [0, 0.05) is 37.6 Å². The predicted molar refractivity (Wildman–Crippen MR) is 77.8 cm³/mol. The third kappa shape index (κ3) is 4.40. The van der Waals surface area contributed by atoms with Crippen molar-refractivity contribution in [2.75, 3.05) is 13.1 Å². The van der Waals surface area contributed by atoms with Gasteiger partial charge in [0.1, 0.15) is 5.69 Å². The third-order valence-corrected chi connectivity index (χ3v) is 3.33. The SMILES string of the molecule is CC(C)NC(=O)N1CCC(NC(=O)c2cnccn2)CC1. The molecule has 7 nitrogen and oxygen atoms in total. The molecule has 2 N–H and O–H groups in total. The molecule has 3 amide bonds. The summed E-state index contributed by atoms with van der Waals surface area (Å²) in [6, 6.07) is 0.165. The van der Waals surface area contributed by atoms with Crippen LogP contribution in [-0.4, -0.2) is 52.0 Å². The minimum absolute atomic E-state index is 0.0382. The monoisotopic (exact) mass is 291 g/mol. The largest absolute Gasteiger partial charge is 0.348 e. The van der Waals surface area contributed by atoms with Crippen molar-refractivity contribution in [1.29, 1.82) is 0 Å². The maximum Gasteiger partial charge on any atom is 0.317 e. The Bertz CT molecular complexity index is 483. The summed E-state index contributed by atoms with van der Waals surface area (Å²) in [7, 11) is 0. The fourth-order valence-corrected chi connectivity index (χ4v) is 2.24. The average molecular weight is 291 g/mol. The van der Waals surface area contributed by atoms with Crippen molar-refractivity contribution in [2.24, 2.45) is 0 Å². The normalized spacial score (nSPS) is 15.9. The first-order valence-electron chi connectivity index (χ1n) is 7.18. The summed E-state index contributed by atoms with van der Waals surface area (Å²) in [6.45, 7) is 5.16. The highest BCUT2D eigenvalue weighted by atomic mass is 16.2. The van der Waals surface area contributed by atoms with Gasteiger partial charge in [0.25, 0.3) is 5.91 Å². The summed E-state index contributed by atoms with van der Waals surface area (Å²) < 4.78 is 0. The van der Waals surface area contributed by atoms with E-state index in [0.717, 1.165) is 12.8 Å². The lowest BCUT2D eigenvalue weighted by Crippen LogP contribution is -2.50. The highest BCUT2D eigenvalue weighted by Crippen LogP contribution is 2.11. The molecule has 2 heterocycles. The smallest absolute Gasteiger partial charge is 0.317 e. The second-order valence-electron chi connectivity index (χ2n) is 5.43. The molecule has 1 aliphatic rings. The number of aromatic nitrogens is 2. The van der Waals surface area contributed by atoms with Crippen LogP contribution in [0.25, 0.3) is 0 Å². The van der Waals surface area contributed by atoms with Crippen LogP contribution in [0.4, 0.5) is 4.79 Å². The highest BCUT2D eigenvalue weighted by molar-refractivity contribution is 5.92. The first-order chi connectivity index (χ1) is 10.1. The lowest BCUT2D eigenvalue weighted by molar-refractivity contribution is 0.0912. The molecule has 7 heteroatoms. The van der Waals surface area contributed by atoms with E-state index in [1.807, 2.05) is 13.8 Å². The summed E-state index contributed by atoms with van der Waals surface area (Å²) in [5.74, 6) is -0.215. The summed E-state index contributed by atoms with van der Waals surface area (Å²) >= 11 is 0. The quantitative estimate of drug-likeness (QED) is 0.862. The number of urea groups is 1. The van der Waals surface area contributed by atoms with E-state index in [9.17, 15) is 9.59 Å². The molecule has 0 radical (unpaired) electrons. The molecule has 2 rings (SSSR count).